The van der Waals surface area contributed by atoms with Crippen molar-refractivity contribution in [2.24, 2.45) is 5.41 Å². The van der Waals surface area contributed by atoms with E-state index in [0.29, 0.717) is 19.6 Å². The summed E-state index contributed by atoms with van der Waals surface area (Å²) in [5, 5.41) is 0. The number of Topliss-reactive ketones (excluding diaryl/α,β-unsaturated/α-hetero) is 1. The number of hydrogen-bond donors (Lipinski definition) is 0. The van der Waals surface area contributed by atoms with Crippen LogP contribution >= 0.6 is 0 Å². The van der Waals surface area contributed by atoms with Crippen LogP contribution in [0.25, 0.3) is 11.1 Å². The van der Waals surface area contributed by atoms with E-state index in [0.717, 1.165) is 29.5 Å². The lowest BCUT2D eigenvalue weighted by atomic mass is 9.95. The molecule has 25 heavy (non-hydrogen) atoms. The van der Waals surface area contributed by atoms with E-state index in [4.69, 9.17) is 9.47 Å². The molecule has 0 unspecified atom stereocenters. The summed E-state index contributed by atoms with van der Waals surface area (Å²) in [6.07, 6.45) is 1.91. The van der Waals surface area contributed by atoms with Gasteiger partial charge in [0.15, 0.2) is 12.1 Å². The topological polar surface area (TPSA) is 35.5 Å². The summed E-state index contributed by atoms with van der Waals surface area (Å²) in [7, 11) is 0. The van der Waals surface area contributed by atoms with Gasteiger partial charge in [-0.2, -0.15) is 0 Å². The lowest BCUT2D eigenvalue weighted by Gasteiger charge is -2.34. The van der Waals surface area contributed by atoms with Crippen LogP contribution in [0.15, 0.2) is 54.6 Å². The average Bonchev–Trinajstić information content (AvgIpc) is 2.64. The normalized spacial score (nSPS) is 17.4. The van der Waals surface area contributed by atoms with Gasteiger partial charge in [-0.15, -0.1) is 0 Å². The fraction of sp³-hybridized carbons (Fsp3) is 0.409. The molecule has 132 valence electrons. The molecule has 3 nitrogen and oxygen atoms in total. The van der Waals surface area contributed by atoms with E-state index in [1.165, 1.54) is 0 Å². The summed E-state index contributed by atoms with van der Waals surface area (Å²) in [6, 6.07) is 18.0. The van der Waals surface area contributed by atoms with Gasteiger partial charge in [-0.3, -0.25) is 4.79 Å². The monoisotopic (exact) mass is 338 g/mol. The lowest BCUT2D eigenvalue weighted by molar-refractivity contribution is -0.223. The molecule has 0 aliphatic carbocycles. The molecule has 0 saturated carbocycles. The summed E-state index contributed by atoms with van der Waals surface area (Å²) in [6.45, 7) is 5.69. The number of ketones is 1. The van der Waals surface area contributed by atoms with Crippen molar-refractivity contribution in [2.75, 3.05) is 13.2 Å². The average molecular weight is 338 g/mol. The van der Waals surface area contributed by atoms with Crippen LogP contribution in [0, 0.1) is 5.41 Å². The zero-order valence-corrected chi connectivity index (χ0v) is 15.0. The minimum Gasteiger partial charge on any atom is -0.352 e. The summed E-state index contributed by atoms with van der Waals surface area (Å²) in [4.78, 5) is 12.4. The molecule has 0 radical (unpaired) electrons. The molecule has 0 atom stereocenters. The Balaban J connectivity index is 1.47. The number of ether oxygens (including phenoxy) is 2. The fourth-order valence-corrected chi connectivity index (χ4v) is 2.95. The Hall–Kier alpha value is -1.97. The highest BCUT2D eigenvalue weighted by Crippen LogP contribution is 2.25. The maximum absolute atomic E-state index is 12.4. The van der Waals surface area contributed by atoms with Crippen molar-refractivity contribution in [3.63, 3.8) is 0 Å². The van der Waals surface area contributed by atoms with Crippen LogP contribution < -0.4 is 0 Å². The molecule has 0 aromatic heterocycles. The summed E-state index contributed by atoms with van der Waals surface area (Å²) in [5.74, 6) is 0.177. The SMILES string of the molecule is CC1(C)COC(CCCC(=O)c2ccc(-c3ccccc3)cc2)OC1. The summed E-state index contributed by atoms with van der Waals surface area (Å²) in [5.41, 5.74) is 3.15. The molecule has 3 heteroatoms. The molecule has 1 aliphatic rings. The first-order valence-electron chi connectivity index (χ1n) is 8.95. The van der Waals surface area contributed by atoms with E-state index < -0.39 is 0 Å². The number of carbonyl (C=O) groups is 1. The first kappa shape index (κ1) is 17.8. The van der Waals surface area contributed by atoms with Crippen LogP contribution in [0.3, 0.4) is 0 Å². The minimum absolute atomic E-state index is 0.0901. The Morgan fingerprint density at radius 3 is 2.20 bits per heavy atom. The molecule has 0 amide bonds. The van der Waals surface area contributed by atoms with Crippen LogP contribution in [-0.2, 0) is 9.47 Å². The van der Waals surface area contributed by atoms with Gasteiger partial charge in [0.1, 0.15) is 0 Å². The third-order valence-corrected chi connectivity index (χ3v) is 4.48. The van der Waals surface area contributed by atoms with Crippen LogP contribution in [0.1, 0.15) is 43.5 Å². The molecule has 0 N–H and O–H groups in total. The zero-order valence-electron chi connectivity index (χ0n) is 15.0. The third kappa shape index (κ3) is 5.00. The Morgan fingerprint density at radius 1 is 0.960 bits per heavy atom. The second-order valence-electron chi connectivity index (χ2n) is 7.47. The molecular weight excluding hydrogens is 312 g/mol. The van der Waals surface area contributed by atoms with Crippen molar-refractivity contribution in [3.05, 3.63) is 60.2 Å². The maximum Gasteiger partial charge on any atom is 0.162 e. The molecule has 1 saturated heterocycles. The van der Waals surface area contributed by atoms with Crippen molar-refractivity contribution < 1.29 is 14.3 Å². The van der Waals surface area contributed by atoms with Gasteiger partial charge in [0, 0.05) is 17.4 Å². The van der Waals surface area contributed by atoms with Crippen molar-refractivity contribution in [1.82, 2.24) is 0 Å². The number of benzene rings is 2. The molecule has 1 heterocycles. The molecule has 0 spiro atoms. The van der Waals surface area contributed by atoms with E-state index in [9.17, 15) is 4.79 Å². The van der Waals surface area contributed by atoms with Crippen molar-refractivity contribution in [3.8, 4) is 11.1 Å². The standard InChI is InChI=1S/C22H26O3/c1-22(2)15-24-21(25-16-22)10-6-9-20(23)19-13-11-18(12-14-19)17-7-4-3-5-8-17/h3-5,7-8,11-14,21H,6,9-10,15-16H2,1-2H3. The van der Waals surface area contributed by atoms with Gasteiger partial charge in [-0.05, 0) is 24.0 Å². The smallest absolute Gasteiger partial charge is 0.162 e. The highest BCUT2D eigenvalue weighted by Gasteiger charge is 2.28. The molecule has 0 bridgehead atoms. The number of rotatable bonds is 6. The first-order chi connectivity index (χ1) is 12.0. The Bertz CT molecular complexity index is 679. The Labute approximate surface area is 150 Å². The van der Waals surface area contributed by atoms with Gasteiger partial charge < -0.3 is 9.47 Å². The van der Waals surface area contributed by atoms with Gasteiger partial charge in [-0.1, -0.05) is 68.4 Å². The Kier molecular flexibility index (Phi) is 5.67. The molecule has 3 rings (SSSR count). The van der Waals surface area contributed by atoms with E-state index >= 15 is 0 Å². The molecule has 1 aliphatic heterocycles. The summed E-state index contributed by atoms with van der Waals surface area (Å²) >= 11 is 0. The lowest BCUT2D eigenvalue weighted by Crippen LogP contribution is -2.37. The van der Waals surface area contributed by atoms with Crippen LogP contribution in [-0.4, -0.2) is 25.3 Å². The van der Waals surface area contributed by atoms with E-state index in [-0.39, 0.29) is 17.5 Å². The Morgan fingerprint density at radius 2 is 1.56 bits per heavy atom. The van der Waals surface area contributed by atoms with Gasteiger partial charge in [0.25, 0.3) is 0 Å². The second-order valence-corrected chi connectivity index (χ2v) is 7.47. The number of carbonyl (C=O) groups excluding carboxylic acids is 1. The zero-order chi connectivity index (χ0) is 17.7. The van der Waals surface area contributed by atoms with Crippen molar-refractivity contribution in [2.45, 2.75) is 39.4 Å². The predicted octanol–water partition coefficient (Wildman–Crippen LogP) is 5.11. The molecule has 2 aromatic rings. The highest BCUT2D eigenvalue weighted by molar-refractivity contribution is 5.96. The van der Waals surface area contributed by atoms with Gasteiger partial charge in [0.2, 0.25) is 0 Å². The highest BCUT2D eigenvalue weighted by atomic mass is 16.7. The van der Waals surface area contributed by atoms with E-state index in [2.05, 4.69) is 26.0 Å². The van der Waals surface area contributed by atoms with Crippen LogP contribution in [0.4, 0.5) is 0 Å². The second kappa shape index (κ2) is 7.94. The first-order valence-corrected chi connectivity index (χ1v) is 8.95. The molecule has 1 fully saturated rings. The third-order valence-electron chi connectivity index (χ3n) is 4.48. The van der Waals surface area contributed by atoms with Crippen molar-refractivity contribution >= 4 is 5.78 Å². The number of hydrogen-bond acceptors (Lipinski definition) is 3. The van der Waals surface area contributed by atoms with Crippen LogP contribution in [0.5, 0.6) is 0 Å². The largest absolute Gasteiger partial charge is 0.352 e. The van der Waals surface area contributed by atoms with Crippen molar-refractivity contribution in [1.29, 1.82) is 0 Å². The van der Waals surface area contributed by atoms with Crippen LogP contribution in [0.2, 0.25) is 0 Å². The minimum atomic E-state index is -0.165. The maximum atomic E-state index is 12.4. The molecular formula is C22H26O3. The van der Waals surface area contributed by atoms with Gasteiger partial charge >= 0.3 is 0 Å². The van der Waals surface area contributed by atoms with E-state index in [1.54, 1.807) is 0 Å². The van der Waals surface area contributed by atoms with Gasteiger partial charge in [-0.25, -0.2) is 0 Å². The van der Waals surface area contributed by atoms with Gasteiger partial charge in [0.05, 0.1) is 13.2 Å². The summed E-state index contributed by atoms with van der Waals surface area (Å²) < 4.78 is 11.4. The predicted molar refractivity (Wildman–Crippen MR) is 99.5 cm³/mol. The quantitative estimate of drug-likeness (QED) is 0.687. The molecule has 2 aromatic carbocycles. The fourth-order valence-electron chi connectivity index (χ4n) is 2.95. The van der Waals surface area contributed by atoms with E-state index in [1.807, 2.05) is 42.5 Å².